The van der Waals surface area contributed by atoms with E-state index in [0.717, 1.165) is 0 Å². The molecule has 3 rings (SSSR count). The summed E-state index contributed by atoms with van der Waals surface area (Å²) in [6, 6.07) is 6.77. The quantitative estimate of drug-likeness (QED) is 0.762. The van der Waals surface area contributed by atoms with Gasteiger partial charge in [0.15, 0.2) is 0 Å². The Morgan fingerprint density at radius 1 is 1.10 bits per heavy atom. The zero-order chi connectivity index (χ0) is 14.3. The number of rotatable bonds is 1. The average molecular weight is 316 g/mol. The Morgan fingerprint density at radius 2 is 1.90 bits per heavy atom. The molecule has 6 heteroatoms. The third-order valence-corrected chi connectivity index (χ3v) is 3.69. The van der Waals surface area contributed by atoms with Crippen LogP contribution >= 0.6 is 23.2 Å². The van der Waals surface area contributed by atoms with E-state index in [4.69, 9.17) is 27.9 Å². The zero-order valence-electron chi connectivity index (χ0n) is 10.1. The molecular formula is C14H9Cl2F2NO. The van der Waals surface area contributed by atoms with Crippen molar-refractivity contribution in [3.05, 3.63) is 57.6 Å². The summed E-state index contributed by atoms with van der Waals surface area (Å²) in [6.45, 7) is 0.402. The van der Waals surface area contributed by atoms with Crippen LogP contribution in [-0.4, -0.2) is 6.54 Å². The standard InChI is InChI=1S/C14H9Cl2F2NO/c15-9-5-10(16)11(18)4-8(9)14-6-19-12-2-1-7(17)3-13(12)20-14/h1-5,14,19H,6H2. The molecule has 2 nitrogen and oxygen atoms in total. The molecule has 20 heavy (non-hydrogen) atoms. The highest BCUT2D eigenvalue weighted by Gasteiger charge is 2.24. The van der Waals surface area contributed by atoms with Crippen LogP contribution in [-0.2, 0) is 0 Å². The van der Waals surface area contributed by atoms with Gasteiger partial charge in [-0.1, -0.05) is 23.2 Å². The molecule has 1 unspecified atom stereocenters. The van der Waals surface area contributed by atoms with Crippen LogP contribution in [0.2, 0.25) is 10.0 Å². The largest absolute Gasteiger partial charge is 0.482 e. The number of hydrogen-bond acceptors (Lipinski definition) is 2. The van der Waals surface area contributed by atoms with Crippen LogP contribution in [0.4, 0.5) is 14.5 Å². The second-order valence-electron chi connectivity index (χ2n) is 4.42. The summed E-state index contributed by atoms with van der Waals surface area (Å²) in [6.07, 6.45) is -0.511. The molecule has 0 spiro atoms. The number of benzene rings is 2. The fourth-order valence-corrected chi connectivity index (χ4v) is 2.60. The first-order valence-corrected chi connectivity index (χ1v) is 6.64. The molecule has 1 aliphatic rings. The van der Waals surface area contributed by atoms with E-state index in [1.807, 2.05) is 0 Å². The van der Waals surface area contributed by atoms with Gasteiger partial charge in [0.25, 0.3) is 0 Å². The predicted octanol–water partition coefficient (Wildman–Crippen LogP) is 4.82. The first-order chi connectivity index (χ1) is 9.54. The minimum Gasteiger partial charge on any atom is -0.482 e. The molecule has 0 amide bonds. The first kappa shape index (κ1) is 13.5. The normalized spacial score (nSPS) is 17.1. The van der Waals surface area contributed by atoms with E-state index in [-0.39, 0.29) is 5.02 Å². The summed E-state index contributed by atoms with van der Waals surface area (Å²) < 4.78 is 32.4. The van der Waals surface area contributed by atoms with Gasteiger partial charge in [-0.25, -0.2) is 8.78 Å². The van der Waals surface area contributed by atoms with Crippen LogP contribution in [0.15, 0.2) is 30.3 Å². The summed E-state index contributed by atoms with van der Waals surface area (Å²) >= 11 is 11.7. The van der Waals surface area contributed by atoms with Crippen molar-refractivity contribution in [3.63, 3.8) is 0 Å². The molecule has 1 aliphatic heterocycles. The van der Waals surface area contributed by atoms with Crippen LogP contribution in [0.5, 0.6) is 5.75 Å². The fraction of sp³-hybridized carbons (Fsp3) is 0.143. The van der Waals surface area contributed by atoms with Crippen molar-refractivity contribution in [2.24, 2.45) is 0 Å². The van der Waals surface area contributed by atoms with Gasteiger partial charge in [-0.05, 0) is 24.3 Å². The highest BCUT2D eigenvalue weighted by atomic mass is 35.5. The summed E-state index contributed by atoms with van der Waals surface area (Å²) in [4.78, 5) is 0. The van der Waals surface area contributed by atoms with Crippen molar-refractivity contribution in [3.8, 4) is 5.75 Å². The molecule has 0 radical (unpaired) electrons. The van der Waals surface area contributed by atoms with Gasteiger partial charge in [0.05, 0.1) is 17.3 Å². The molecule has 0 aliphatic carbocycles. The first-order valence-electron chi connectivity index (χ1n) is 5.89. The smallest absolute Gasteiger partial charge is 0.146 e. The van der Waals surface area contributed by atoms with Crippen molar-refractivity contribution in [1.29, 1.82) is 0 Å². The van der Waals surface area contributed by atoms with Crippen LogP contribution < -0.4 is 10.1 Å². The van der Waals surface area contributed by atoms with Gasteiger partial charge >= 0.3 is 0 Å². The van der Waals surface area contributed by atoms with Crippen LogP contribution in [0.1, 0.15) is 11.7 Å². The molecule has 0 saturated heterocycles. The summed E-state index contributed by atoms with van der Waals surface area (Å²) in [5.74, 6) is -0.605. The lowest BCUT2D eigenvalue weighted by Gasteiger charge is -2.28. The third kappa shape index (κ3) is 2.41. The molecule has 1 atom stereocenters. The van der Waals surface area contributed by atoms with Gasteiger partial charge < -0.3 is 10.1 Å². The SMILES string of the molecule is Fc1ccc2c(c1)OC(c1cc(F)c(Cl)cc1Cl)CN2. The van der Waals surface area contributed by atoms with Crippen molar-refractivity contribution < 1.29 is 13.5 Å². The van der Waals surface area contributed by atoms with Gasteiger partial charge in [-0.15, -0.1) is 0 Å². The Kier molecular flexibility index (Phi) is 3.44. The number of halogens is 4. The molecule has 2 aromatic rings. The zero-order valence-corrected chi connectivity index (χ0v) is 11.6. The second kappa shape index (κ2) is 5.11. The van der Waals surface area contributed by atoms with E-state index in [1.54, 1.807) is 6.07 Å². The van der Waals surface area contributed by atoms with Crippen molar-refractivity contribution in [1.82, 2.24) is 0 Å². The van der Waals surface area contributed by atoms with Gasteiger partial charge in [-0.2, -0.15) is 0 Å². The van der Waals surface area contributed by atoms with Crippen molar-refractivity contribution in [2.45, 2.75) is 6.10 Å². The van der Waals surface area contributed by atoms with E-state index in [9.17, 15) is 8.78 Å². The van der Waals surface area contributed by atoms with Gasteiger partial charge in [0.2, 0.25) is 0 Å². The Balaban J connectivity index is 1.96. The fourth-order valence-electron chi connectivity index (χ4n) is 2.10. The Morgan fingerprint density at radius 3 is 2.70 bits per heavy atom. The summed E-state index contributed by atoms with van der Waals surface area (Å²) in [5.41, 5.74) is 1.16. The molecule has 2 aromatic carbocycles. The molecule has 1 N–H and O–H groups in total. The van der Waals surface area contributed by atoms with E-state index in [1.165, 1.54) is 24.3 Å². The van der Waals surface area contributed by atoms with Crippen molar-refractivity contribution >= 4 is 28.9 Å². The van der Waals surface area contributed by atoms with E-state index in [0.29, 0.717) is 28.6 Å². The highest BCUT2D eigenvalue weighted by Crippen LogP contribution is 2.37. The minimum atomic E-state index is -0.570. The lowest BCUT2D eigenvalue weighted by atomic mass is 10.1. The maximum atomic E-state index is 13.5. The molecular weight excluding hydrogens is 307 g/mol. The Labute approximate surface area is 124 Å². The molecule has 0 aromatic heterocycles. The van der Waals surface area contributed by atoms with Crippen LogP contribution in [0.25, 0.3) is 0 Å². The number of anilines is 1. The third-order valence-electron chi connectivity index (χ3n) is 3.08. The van der Waals surface area contributed by atoms with Gasteiger partial charge in [0, 0.05) is 16.7 Å². The topological polar surface area (TPSA) is 21.3 Å². The highest BCUT2D eigenvalue weighted by molar-refractivity contribution is 6.35. The van der Waals surface area contributed by atoms with E-state index in [2.05, 4.69) is 5.32 Å². The number of nitrogens with one attached hydrogen (secondary N) is 1. The monoisotopic (exact) mass is 315 g/mol. The molecule has 1 heterocycles. The Hall–Kier alpha value is -1.52. The number of hydrogen-bond donors (Lipinski definition) is 1. The van der Waals surface area contributed by atoms with Crippen molar-refractivity contribution in [2.75, 3.05) is 11.9 Å². The predicted molar refractivity (Wildman–Crippen MR) is 74.7 cm³/mol. The maximum Gasteiger partial charge on any atom is 0.146 e. The maximum absolute atomic E-state index is 13.5. The summed E-state index contributed by atoms with van der Waals surface area (Å²) in [7, 11) is 0. The molecule has 0 bridgehead atoms. The van der Waals surface area contributed by atoms with Gasteiger partial charge in [0.1, 0.15) is 23.5 Å². The number of ether oxygens (including phenoxy) is 1. The lowest BCUT2D eigenvalue weighted by molar-refractivity contribution is 0.209. The van der Waals surface area contributed by atoms with Crippen LogP contribution in [0, 0.1) is 11.6 Å². The van der Waals surface area contributed by atoms with Crippen LogP contribution in [0.3, 0.4) is 0 Å². The molecule has 104 valence electrons. The second-order valence-corrected chi connectivity index (χ2v) is 5.23. The molecule has 0 saturated carbocycles. The Bertz CT molecular complexity index is 678. The minimum absolute atomic E-state index is 0.0473. The number of fused-ring (bicyclic) bond motifs is 1. The average Bonchev–Trinajstić information content (AvgIpc) is 2.42. The molecule has 0 fully saturated rings. The summed E-state index contributed by atoms with van der Waals surface area (Å²) in [5, 5.41) is 3.36. The van der Waals surface area contributed by atoms with Gasteiger partial charge in [-0.3, -0.25) is 0 Å². The van der Waals surface area contributed by atoms with E-state index < -0.39 is 17.7 Å². The van der Waals surface area contributed by atoms with E-state index >= 15 is 0 Å². The lowest BCUT2D eigenvalue weighted by Crippen LogP contribution is -2.24.